The molecule has 6 heteroatoms. The Morgan fingerprint density at radius 3 is 2.35 bits per heavy atom. The van der Waals surface area contributed by atoms with Gasteiger partial charge >= 0.3 is 0 Å². The fourth-order valence-electron chi connectivity index (χ4n) is 4.06. The van der Waals surface area contributed by atoms with E-state index >= 15 is 0 Å². The molecule has 2 aromatic carbocycles. The molecule has 1 aliphatic heterocycles. The molecule has 0 saturated carbocycles. The van der Waals surface area contributed by atoms with Gasteiger partial charge in [0.1, 0.15) is 11.5 Å². The molecule has 1 heterocycles. The number of ether oxygens (including phenoxy) is 1. The van der Waals surface area contributed by atoms with Gasteiger partial charge in [-0.3, -0.25) is 9.59 Å². The number of hydrogen-bond donors (Lipinski definition) is 1. The maximum atomic E-state index is 13.1. The summed E-state index contributed by atoms with van der Waals surface area (Å²) in [6.45, 7) is 8.79. The topological polar surface area (TPSA) is 70.1 Å². The van der Waals surface area contributed by atoms with Crippen LogP contribution >= 0.6 is 0 Å². The van der Waals surface area contributed by atoms with Crippen molar-refractivity contribution in [3.05, 3.63) is 70.8 Å². The molecule has 0 bridgehead atoms. The van der Waals surface area contributed by atoms with E-state index in [4.69, 9.17) is 4.74 Å². The van der Waals surface area contributed by atoms with Gasteiger partial charge in [0.05, 0.1) is 18.7 Å². The quantitative estimate of drug-likeness (QED) is 0.398. The number of aryl methyl sites for hydroxylation is 1. The van der Waals surface area contributed by atoms with Crippen LogP contribution in [0.2, 0.25) is 0 Å². The molecule has 6 nitrogen and oxygen atoms in total. The summed E-state index contributed by atoms with van der Waals surface area (Å²) in [5.41, 5.74) is 2.24. The number of likely N-dealkylation sites (tertiary alicyclic amines) is 1. The molecular weight excluding hydrogens is 392 g/mol. The Morgan fingerprint density at radius 2 is 1.77 bits per heavy atom. The third kappa shape index (κ3) is 4.49. The van der Waals surface area contributed by atoms with Gasteiger partial charge in [-0.2, -0.15) is 0 Å². The molecule has 1 atom stereocenters. The summed E-state index contributed by atoms with van der Waals surface area (Å²) in [5, 5.41) is 11.1. The van der Waals surface area contributed by atoms with Crippen LogP contribution in [0.15, 0.2) is 54.1 Å². The Morgan fingerprint density at radius 1 is 1.10 bits per heavy atom. The first-order valence-electron chi connectivity index (χ1n) is 10.6. The lowest BCUT2D eigenvalue weighted by Gasteiger charge is -2.28. The van der Waals surface area contributed by atoms with Gasteiger partial charge in [-0.05, 0) is 49.3 Å². The van der Waals surface area contributed by atoms with Crippen LogP contribution in [0.25, 0.3) is 5.76 Å². The van der Waals surface area contributed by atoms with Crippen molar-refractivity contribution in [3.63, 3.8) is 0 Å². The zero-order chi connectivity index (χ0) is 22.5. The van der Waals surface area contributed by atoms with Crippen LogP contribution in [-0.4, -0.2) is 59.9 Å². The highest BCUT2D eigenvalue weighted by molar-refractivity contribution is 6.46. The standard InChI is InChI=1S/C25H30N2O4/c1-5-26(6-2)14-15-27-22(18-10-8-7-9-11-18)21(24(29)25(27)30)23(28)19-12-13-20(31-4)17(3)16-19/h7-13,16,22,28H,5-6,14-15H2,1-4H3/b23-21+/t22-/m1/s1. The van der Waals surface area contributed by atoms with Crippen molar-refractivity contribution >= 4 is 17.4 Å². The number of nitrogens with zero attached hydrogens (tertiary/aromatic N) is 2. The van der Waals surface area contributed by atoms with Crippen molar-refractivity contribution in [1.29, 1.82) is 0 Å². The second-order valence-electron chi connectivity index (χ2n) is 7.61. The number of aliphatic hydroxyl groups excluding tert-OH is 1. The predicted molar refractivity (Wildman–Crippen MR) is 121 cm³/mol. The molecule has 164 valence electrons. The minimum atomic E-state index is -0.653. The van der Waals surface area contributed by atoms with Crippen molar-refractivity contribution < 1.29 is 19.4 Å². The van der Waals surface area contributed by atoms with E-state index in [1.807, 2.05) is 37.3 Å². The van der Waals surface area contributed by atoms with Crippen LogP contribution in [0.4, 0.5) is 0 Å². The number of ketones is 1. The first kappa shape index (κ1) is 22.6. The van der Waals surface area contributed by atoms with Crippen molar-refractivity contribution in [2.24, 2.45) is 0 Å². The van der Waals surface area contributed by atoms with Gasteiger partial charge in [0, 0.05) is 18.7 Å². The first-order valence-corrected chi connectivity index (χ1v) is 10.6. The lowest BCUT2D eigenvalue weighted by atomic mass is 9.95. The number of likely N-dealkylation sites (N-methyl/N-ethyl adjacent to an activating group) is 1. The number of aliphatic hydroxyl groups is 1. The predicted octanol–water partition coefficient (Wildman–Crippen LogP) is 3.77. The van der Waals surface area contributed by atoms with Gasteiger partial charge in [0.15, 0.2) is 0 Å². The van der Waals surface area contributed by atoms with Crippen LogP contribution in [-0.2, 0) is 9.59 Å². The maximum absolute atomic E-state index is 13.1. The smallest absolute Gasteiger partial charge is 0.295 e. The second kappa shape index (κ2) is 9.79. The Kier molecular flexibility index (Phi) is 7.13. The normalized spacial score (nSPS) is 18.1. The summed E-state index contributed by atoms with van der Waals surface area (Å²) >= 11 is 0. The number of carbonyl (C=O) groups is 2. The average molecular weight is 423 g/mol. The van der Waals surface area contributed by atoms with E-state index in [0.29, 0.717) is 24.4 Å². The average Bonchev–Trinajstić information content (AvgIpc) is 3.04. The van der Waals surface area contributed by atoms with Gasteiger partial charge < -0.3 is 19.6 Å². The third-order valence-corrected chi connectivity index (χ3v) is 5.88. The fourth-order valence-corrected chi connectivity index (χ4v) is 4.06. The molecule has 0 aromatic heterocycles. The summed E-state index contributed by atoms with van der Waals surface area (Å²) in [7, 11) is 1.58. The van der Waals surface area contributed by atoms with Gasteiger partial charge in [-0.15, -0.1) is 0 Å². The Labute approximate surface area is 183 Å². The Hall–Kier alpha value is -3.12. The summed E-state index contributed by atoms with van der Waals surface area (Å²) in [6.07, 6.45) is 0. The Balaban J connectivity index is 2.08. The lowest BCUT2D eigenvalue weighted by molar-refractivity contribution is -0.140. The molecule has 1 N–H and O–H groups in total. The summed E-state index contributed by atoms with van der Waals surface area (Å²) in [4.78, 5) is 29.8. The Bertz CT molecular complexity index is 980. The summed E-state index contributed by atoms with van der Waals surface area (Å²) in [5.74, 6) is -0.703. The number of rotatable bonds is 8. The van der Waals surface area contributed by atoms with E-state index in [1.54, 1.807) is 30.2 Å². The van der Waals surface area contributed by atoms with Crippen molar-refractivity contribution in [3.8, 4) is 5.75 Å². The van der Waals surface area contributed by atoms with E-state index in [0.717, 1.165) is 24.2 Å². The highest BCUT2D eigenvalue weighted by atomic mass is 16.5. The van der Waals surface area contributed by atoms with Gasteiger partial charge in [0.2, 0.25) is 0 Å². The molecule has 0 spiro atoms. The molecule has 0 radical (unpaired) electrons. The van der Waals surface area contributed by atoms with Gasteiger partial charge in [-0.1, -0.05) is 44.2 Å². The molecule has 1 aliphatic rings. The van der Waals surface area contributed by atoms with Crippen LogP contribution in [0.1, 0.15) is 36.6 Å². The van der Waals surface area contributed by atoms with Crippen LogP contribution in [0.3, 0.4) is 0 Å². The van der Waals surface area contributed by atoms with Crippen molar-refractivity contribution in [1.82, 2.24) is 9.80 Å². The van der Waals surface area contributed by atoms with Gasteiger partial charge in [-0.25, -0.2) is 0 Å². The number of Topliss-reactive ketones (excluding diaryl/α,β-unsaturated/α-hetero) is 1. The van der Waals surface area contributed by atoms with Crippen molar-refractivity contribution in [2.45, 2.75) is 26.8 Å². The minimum Gasteiger partial charge on any atom is -0.507 e. The van der Waals surface area contributed by atoms with Crippen LogP contribution < -0.4 is 4.74 Å². The number of carbonyl (C=O) groups excluding carboxylic acids is 2. The molecule has 2 aromatic rings. The summed E-state index contributed by atoms with van der Waals surface area (Å²) < 4.78 is 5.29. The number of benzene rings is 2. The van der Waals surface area contributed by atoms with Crippen LogP contribution in [0, 0.1) is 6.92 Å². The number of methoxy groups -OCH3 is 1. The van der Waals surface area contributed by atoms with Gasteiger partial charge in [0.25, 0.3) is 11.7 Å². The monoisotopic (exact) mass is 422 g/mol. The molecule has 0 unspecified atom stereocenters. The van der Waals surface area contributed by atoms with E-state index < -0.39 is 17.7 Å². The lowest BCUT2D eigenvalue weighted by Crippen LogP contribution is -2.38. The van der Waals surface area contributed by atoms with Crippen molar-refractivity contribution in [2.75, 3.05) is 33.3 Å². The molecule has 0 aliphatic carbocycles. The molecule has 3 rings (SSSR count). The molecule has 31 heavy (non-hydrogen) atoms. The van der Waals surface area contributed by atoms with E-state index in [-0.39, 0.29) is 11.3 Å². The van der Waals surface area contributed by atoms with Crippen LogP contribution in [0.5, 0.6) is 5.75 Å². The fraction of sp³-hybridized carbons (Fsp3) is 0.360. The van der Waals surface area contributed by atoms with E-state index in [9.17, 15) is 14.7 Å². The second-order valence-corrected chi connectivity index (χ2v) is 7.61. The summed E-state index contributed by atoms with van der Waals surface area (Å²) in [6, 6.07) is 14.0. The number of hydrogen-bond acceptors (Lipinski definition) is 5. The molecule has 1 fully saturated rings. The third-order valence-electron chi connectivity index (χ3n) is 5.88. The zero-order valence-corrected chi connectivity index (χ0v) is 18.6. The zero-order valence-electron chi connectivity index (χ0n) is 18.6. The highest BCUT2D eigenvalue weighted by Gasteiger charge is 2.45. The molecular formula is C25H30N2O4. The van der Waals surface area contributed by atoms with E-state index in [2.05, 4.69) is 18.7 Å². The minimum absolute atomic E-state index is 0.125. The molecule has 1 amide bonds. The largest absolute Gasteiger partial charge is 0.507 e. The first-order chi connectivity index (χ1) is 14.9. The number of amides is 1. The SMILES string of the molecule is CCN(CC)CCN1C(=O)C(=O)/C(=C(/O)c2ccc(OC)c(C)c2)[C@H]1c1ccccc1. The molecule has 1 saturated heterocycles. The highest BCUT2D eigenvalue weighted by Crippen LogP contribution is 2.39. The van der Waals surface area contributed by atoms with E-state index in [1.165, 1.54) is 0 Å². The maximum Gasteiger partial charge on any atom is 0.295 e.